The van der Waals surface area contributed by atoms with E-state index in [0.29, 0.717) is 4.47 Å². The third kappa shape index (κ3) is 2.82. The normalized spacial score (nSPS) is 13.6. The third-order valence-electron chi connectivity index (χ3n) is 1.80. The molecule has 0 fully saturated rings. The number of nitrogens with zero attached hydrogens (tertiary/aromatic N) is 1. The highest BCUT2D eigenvalue weighted by molar-refractivity contribution is 9.10. The van der Waals surface area contributed by atoms with Crippen LogP contribution in [0.1, 0.15) is 6.92 Å². The van der Waals surface area contributed by atoms with Gasteiger partial charge < -0.3 is 15.7 Å². The minimum atomic E-state index is -1.12. The Labute approximate surface area is 98.8 Å². The molecule has 4 nitrogen and oxygen atoms in total. The summed E-state index contributed by atoms with van der Waals surface area (Å²) in [5, 5.41) is 11.1. The topological polar surface area (TPSA) is 67.8 Å². The van der Waals surface area contributed by atoms with Crippen molar-refractivity contribution in [3.8, 4) is 5.75 Å². The number of halogens is 3. The van der Waals surface area contributed by atoms with Gasteiger partial charge in [-0.25, -0.2) is 4.39 Å². The smallest absolute Gasteiger partial charge is 0.200 e. The molecule has 0 aromatic heterocycles. The van der Waals surface area contributed by atoms with Gasteiger partial charge in [0.25, 0.3) is 0 Å². The Bertz CT molecular complexity index is 426. The highest BCUT2D eigenvalue weighted by Crippen LogP contribution is 2.26. The summed E-state index contributed by atoms with van der Waals surface area (Å²) in [5.74, 6) is -2.72. The van der Waals surface area contributed by atoms with E-state index < -0.39 is 17.7 Å². The van der Waals surface area contributed by atoms with Gasteiger partial charge in [0.15, 0.2) is 23.5 Å². The Morgan fingerprint density at radius 3 is 2.75 bits per heavy atom. The van der Waals surface area contributed by atoms with E-state index in [2.05, 4.69) is 21.1 Å². The van der Waals surface area contributed by atoms with Gasteiger partial charge in [0.05, 0.1) is 0 Å². The van der Waals surface area contributed by atoms with E-state index in [0.717, 1.165) is 6.07 Å². The second-order valence-electron chi connectivity index (χ2n) is 2.98. The van der Waals surface area contributed by atoms with Crippen molar-refractivity contribution in [1.82, 2.24) is 0 Å². The van der Waals surface area contributed by atoms with Crippen molar-refractivity contribution in [1.29, 1.82) is 0 Å². The van der Waals surface area contributed by atoms with Crippen LogP contribution in [0.15, 0.2) is 21.8 Å². The second-order valence-corrected chi connectivity index (χ2v) is 3.90. The van der Waals surface area contributed by atoms with Crippen LogP contribution in [-0.2, 0) is 0 Å². The van der Waals surface area contributed by atoms with Crippen molar-refractivity contribution in [2.45, 2.75) is 13.0 Å². The molecule has 0 aliphatic heterocycles. The van der Waals surface area contributed by atoms with Gasteiger partial charge in [0, 0.05) is 4.47 Å². The van der Waals surface area contributed by atoms with E-state index in [9.17, 15) is 8.78 Å². The molecular formula is C9H9BrF2N2O2. The lowest BCUT2D eigenvalue weighted by molar-refractivity contribution is 0.252. The van der Waals surface area contributed by atoms with Gasteiger partial charge in [-0.1, -0.05) is 21.1 Å². The average molecular weight is 295 g/mol. The molecule has 7 heteroatoms. The van der Waals surface area contributed by atoms with Crippen molar-refractivity contribution in [3.63, 3.8) is 0 Å². The van der Waals surface area contributed by atoms with Gasteiger partial charge in [-0.3, -0.25) is 0 Å². The number of hydrogen-bond donors (Lipinski definition) is 2. The molecule has 1 rings (SSSR count). The van der Waals surface area contributed by atoms with Crippen LogP contribution in [0.2, 0.25) is 0 Å². The number of oxime groups is 1. The molecule has 16 heavy (non-hydrogen) atoms. The molecule has 0 heterocycles. The van der Waals surface area contributed by atoms with Crippen molar-refractivity contribution >= 4 is 21.8 Å². The zero-order valence-electron chi connectivity index (χ0n) is 8.25. The Morgan fingerprint density at radius 1 is 1.56 bits per heavy atom. The monoisotopic (exact) mass is 294 g/mol. The van der Waals surface area contributed by atoms with Gasteiger partial charge in [-0.15, -0.1) is 0 Å². The fraction of sp³-hybridized carbons (Fsp3) is 0.222. The number of hydrogen-bond acceptors (Lipinski definition) is 3. The van der Waals surface area contributed by atoms with Crippen LogP contribution in [0.25, 0.3) is 0 Å². The second kappa shape index (κ2) is 5.11. The summed E-state index contributed by atoms with van der Waals surface area (Å²) >= 11 is 2.99. The first kappa shape index (κ1) is 12.7. The summed E-state index contributed by atoms with van der Waals surface area (Å²) in [6.45, 7) is 1.44. The lowest BCUT2D eigenvalue weighted by Gasteiger charge is -2.14. The van der Waals surface area contributed by atoms with Crippen LogP contribution in [-0.4, -0.2) is 17.1 Å². The molecule has 1 atom stereocenters. The van der Waals surface area contributed by atoms with E-state index >= 15 is 0 Å². The van der Waals surface area contributed by atoms with Crippen LogP contribution >= 0.6 is 15.9 Å². The molecule has 1 aromatic carbocycles. The van der Waals surface area contributed by atoms with Gasteiger partial charge in [0.1, 0.15) is 0 Å². The molecule has 0 radical (unpaired) electrons. The maximum atomic E-state index is 13.2. The zero-order chi connectivity index (χ0) is 12.3. The summed E-state index contributed by atoms with van der Waals surface area (Å²) in [7, 11) is 0. The van der Waals surface area contributed by atoms with E-state index in [1.54, 1.807) is 0 Å². The molecule has 0 bridgehead atoms. The molecule has 88 valence electrons. The molecular weight excluding hydrogens is 286 g/mol. The fourth-order valence-corrected chi connectivity index (χ4v) is 1.36. The Hall–Kier alpha value is -1.37. The summed E-state index contributed by atoms with van der Waals surface area (Å²) in [4.78, 5) is 0. The predicted octanol–water partition coefficient (Wildman–Crippen LogP) is 2.24. The molecule has 1 unspecified atom stereocenters. The molecule has 0 saturated carbocycles. The third-order valence-corrected chi connectivity index (χ3v) is 2.25. The average Bonchev–Trinajstić information content (AvgIpc) is 2.23. The molecule has 1 aromatic rings. The molecule has 0 aliphatic carbocycles. The van der Waals surface area contributed by atoms with E-state index in [1.807, 2.05) is 0 Å². The standard InChI is InChI=1S/C9H9BrF2N2O2/c1-4(9(13)14-15)16-7-3-5(10)2-6(11)8(7)12/h2-4,15H,1H3,(H2,13,14). The molecule has 3 N–H and O–H groups in total. The maximum absolute atomic E-state index is 13.2. The highest BCUT2D eigenvalue weighted by Gasteiger charge is 2.16. The molecule has 0 saturated heterocycles. The number of amidine groups is 1. The SMILES string of the molecule is CC(Oc1cc(Br)cc(F)c1F)/C(N)=N/O. The van der Waals surface area contributed by atoms with Crippen LogP contribution in [0.3, 0.4) is 0 Å². The summed E-state index contributed by atoms with van der Waals surface area (Å²) < 4.78 is 31.5. The number of ether oxygens (including phenoxy) is 1. The molecule has 0 amide bonds. The molecule has 0 spiro atoms. The predicted molar refractivity (Wildman–Crippen MR) is 57.6 cm³/mol. The minimum Gasteiger partial charge on any atom is -0.479 e. The van der Waals surface area contributed by atoms with Gasteiger partial charge in [-0.05, 0) is 19.1 Å². The van der Waals surface area contributed by atoms with Crippen LogP contribution in [0.5, 0.6) is 5.75 Å². The first-order chi connectivity index (χ1) is 7.45. The summed E-state index contributed by atoms with van der Waals surface area (Å²) in [6.07, 6.45) is -0.867. The molecule has 0 aliphatic rings. The quantitative estimate of drug-likeness (QED) is 0.295. The highest BCUT2D eigenvalue weighted by atomic mass is 79.9. The van der Waals surface area contributed by atoms with Crippen LogP contribution in [0.4, 0.5) is 8.78 Å². The zero-order valence-corrected chi connectivity index (χ0v) is 9.83. The van der Waals surface area contributed by atoms with E-state index in [-0.39, 0.29) is 11.6 Å². The lowest BCUT2D eigenvalue weighted by Crippen LogP contribution is -2.31. The Kier molecular flexibility index (Phi) is 4.05. The fourth-order valence-electron chi connectivity index (χ4n) is 0.950. The van der Waals surface area contributed by atoms with Crippen molar-refractivity contribution in [2.24, 2.45) is 10.9 Å². The Balaban J connectivity index is 2.97. The van der Waals surface area contributed by atoms with Crippen LogP contribution < -0.4 is 10.5 Å². The van der Waals surface area contributed by atoms with Gasteiger partial charge >= 0.3 is 0 Å². The van der Waals surface area contributed by atoms with Crippen molar-refractivity contribution < 1.29 is 18.7 Å². The van der Waals surface area contributed by atoms with Crippen molar-refractivity contribution in [3.05, 3.63) is 28.2 Å². The number of rotatable bonds is 3. The number of nitrogens with two attached hydrogens (primary N) is 1. The van der Waals surface area contributed by atoms with E-state index in [4.69, 9.17) is 15.7 Å². The first-order valence-corrected chi connectivity index (χ1v) is 5.03. The van der Waals surface area contributed by atoms with Crippen LogP contribution in [0, 0.1) is 11.6 Å². The Morgan fingerprint density at radius 2 is 2.19 bits per heavy atom. The maximum Gasteiger partial charge on any atom is 0.200 e. The number of benzene rings is 1. The van der Waals surface area contributed by atoms with Gasteiger partial charge in [-0.2, -0.15) is 4.39 Å². The minimum absolute atomic E-state index is 0.236. The van der Waals surface area contributed by atoms with Gasteiger partial charge in [0.2, 0.25) is 5.82 Å². The first-order valence-electron chi connectivity index (χ1n) is 4.24. The lowest BCUT2D eigenvalue weighted by atomic mass is 10.3. The summed E-state index contributed by atoms with van der Waals surface area (Å²) in [5.41, 5.74) is 5.24. The van der Waals surface area contributed by atoms with Crippen molar-refractivity contribution in [2.75, 3.05) is 0 Å². The summed E-state index contributed by atoms with van der Waals surface area (Å²) in [6, 6.07) is 2.22. The largest absolute Gasteiger partial charge is 0.479 e. The van der Waals surface area contributed by atoms with E-state index in [1.165, 1.54) is 13.0 Å².